The van der Waals surface area contributed by atoms with Gasteiger partial charge in [0.25, 0.3) is 0 Å². The quantitative estimate of drug-likeness (QED) is 0.511. The minimum atomic E-state index is 0.527. The molecule has 0 nitrogen and oxygen atoms in total. The predicted octanol–water partition coefficient (Wildman–Crippen LogP) is 7.89. The fraction of sp³-hybridized carbons (Fsp3) is 0.310. The third-order valence-electron chi connectivity index (χ3n) is 7.62. The number of allylic oxidation sites excluding steroid dienone is 8. The number of rotatable bonds is 3. The van der Waals surface area contributed by atoms with Gasteiger partial charge in [0.05, 0.1) is 0 Å². The SMILES string of the molecule is CC1=CC2C(=C1CCC1c3ccccc3-c3ccccc31)C=CC1=C2CCCC1. The van der Waals surface area contributed by atoms with Crippen molar-refractivity contribution in [3.05, 3.63) is 106 Å². The first-order valence-corrected chi connectivity index (χ1v) is 11.3. The third kappa shape index (κ3) is 2.65. The monoisotopic (exact) mass is 376 g/mol. The summed E-state index contributed by atoms with van der Waals surface area (Å²) in [4.78, 5) is 0. The van der Waals surface area contributed by atoms with Gasteiger partial charge in [-0.1, -0.05) is 77.9 Å². The summed E-state index contributed by atoms with van der Waals surface area (Å²) >= 11 is 0. The average Bonchev–Trinajstić information content (AvgIpc) is 3.27. The number of benzene rings is 2. The van der Waals surface area contributed by atoms with Crippen LogP contribution in [0.1, 0.15) is 62.5 Å². The molecular formula is C29H28. The van der Waals surface area contributed by atoms with Crippen LogP contribution >= 0.6 is 0 Å². The van der Waals surface area contributed by atoms with Crippen molar-refractivity contribution in [1.82, 2.24) is 0 Å². The van der Waals surface area contributed by atoms with Gasteiger partial charge in [0.15, 0.2) is 0 Å². The Morgan fingerprint density at radius 1 is 0.828 bits per heavy atom. The molecule has 2 aromatic carbocycles. The molecule has 0 heterocycles. The van der Waals surface area contributed by atoms with Gasteiger partial charge in [-0.3, -0.25) is 0 Å². The Balaban J connectivity index is 1.32. The van der Waals surface area contributed by atoms with Crippen LogP contribution in [-0.2, 0) is 0 Å². The van der Waals surface area contributed by atoms with E-state index in [0.717, 1.165) is 0 Å². The Morgan fingerprint density at radius 2 is 1.52 bits per heavy atom. The maximum absolute atomic E-state index is 2.56. The van der Waals surface area contributed by atoms with Crippen molar-refractivity contribution in [3.8, 4) is 11.1 Å². The molecule has 0 aromatic heterocycles. The van der Waals surface area contributed by atoms with Crippen LogP contribution in [0.2, 0.25) is 0 Å². The summed E-state index contributed by atoms with van der Waals surface area (Å²) < 4.78 is 0. The zero-order chi connectivity index (χ0) is 19.4. The summed E-state index contributed by atoms with van der Waals surface area (Å²) in [6.07, 6.45) is 15.1. The van der Waals surface area contributed by atoms with E-state index in [9.17, 15) is 0 Å². The lowest BCUT2D eigenvalue weighted by atomic mass is 9.77. The molecule has 0 bridgehead atoms. The first-order valence-electron chi connectivity index (χ1n) is 11.3. The van der Waals surface area contributed by atoms with Crippen LogP contribution in [0, 0.1) is 5.92 Å². The first-order chi connectivity index (χ1) is 14.3. The molecule has 2 aromatic rings. The lowest BCUT2D eigenvalue weighted by molar-refractivity contribution is 0.636. The van der Waals surface area contributed by atoms with Gasteiger partial charge in [0, 0.05) is 11.8 Å². The summed E-state index contributed by atoms with van der Waals surface area (Å²) in [6, 6.07) is 18.1. The minimum absolute atomic E-state index is 0.527. The Labute approximate surface area is 174 Å². The van der Waals surface area contributed by atoms with Gasteiger partial charge in [0.1, 0.15) is 0 Å². The molecule has 0 heteroatoms. The van der Waals surface area contributed by atoms with Crippen LogP contribution in [0.5, 0.6) is 0 Å². The van der Waals surface area contributed by atoms with E-state index in [1.54, 1.807) is 22.3 Å². The predicted molar refractivity (Wildman–Crippen MR) is 122 cm³/mol. The van der Waals surface area contributed by atoms with Gasteiger partial charge in [0.2, 0.25) is 0 Å². The van der Waals surface area contributed by atoms with E-state index >= 15 is 0 Å². The molecule has 0 fully saturated rings. The van der Waals surface area contributed by atoms with Crippen molar-refractivity contribution in [2.24, 2.45) is 5.92 Å². The minimum Gasteiger partial charge on any atom is -0.0697 e. The normalized spacial score (nSPS) is 22.4. The Hall–Kier alpha value is -2.60. The molecule has 0 spiro atoms. The summed E-state index contributed by atoms with van der Waals surface area (Å²) in [5.74, 6) is 1.10. The van der Waals surface area contributed by atoms with Crippen molar-refractivity contribution in [1.29, 1.82) is 0 Å². The van der Waals surface area contributed by atoms with Crippen LogP contribution in [0.3, 0.4) is 0 Å². The molecule has 0 aliphatic heterocycles. The van der Waals surface area contributed by atoms with Gasteiger partial charge in [-0.2, -0.15) is 0 Å². The van der Waals surface area contributed by atoms with Crippen LogP contribution in [0.15, 0.2) is 94.6 Å². The highest BCUT2D eigenvalue weighted by molar-refractivity contribution is 5.78. The van der Waals surface area contributed by atoms with Crippen LogP contribution in [0.4, 0.5) is 0 Å². The molecule has 6 rings (SSSR count). The lowest BCUT2D eigenvalue weighted by Crippen LogP contribution is -2.12. The summed E-state index contributed by atoms with van der Waals surface area (Å²) in [5.41, 5.74) is 14.0. The number of hydrogen-bond acceptors (Lipinski definition) is 0. The van der Waals surface area contributed by atoms with Crippen molar-refractivity contribution in [3.63, 3.8) is 0 Å². The fourth-order valence-corrected chi connectivity index (χ4v) is 6.24. The van der Waals surface area contributed by atoms with Crippen molar-refractivity contribution < 1.29 is 0 Å². The zero-order valence-electron chi connectivity index (χ0n) is 17.2. The van der Waals surface area contributed by atoms with E-state index in [1.807, 2.05) is 0 Å². The summed E-state index contributed by atoms with van der Waals surface area (Å²) in [7, 11) is 0. The molecule has 4 aliphatic carbocycles. The van der Waals surface area contributed by atoms with Gasteiger partial charge in [-0.25, -0.2) is 0 Å². The molecule has 0 N–H and O–H groups in total. The molecule has 0 saturated heterocycles. The maximum Gasteiger partial charge on any atom is 0.0242 e. The van der Waals surface area contributed by atoms with Gasteiger partial charge in [-0.05, 0) is 84.4 Å². The van der Waals surface area contributed by atoms with Crippen molar-refractivity contribution in [2.45, 2.75) is 51.4 Å². The van der Waals surface area contributed by atoms with E-state index in [1.165, 1.54) is 66.4 Å². The van der Waals surface area contributed by atoms with Gasteiger partial charge in [-0.15, -0.1) is 0 Å². The number of fused-ring (bicyclic) bond motifs is 5. The summed E-state index contributed by atoms with van der Waals surface area (Å²) in [5, 5.41) is 0. The van der Waals surface area contributed by atoms with Gasteiger partial charge < -0.3 is 0 Å². The smallest absolute Gasteiger partial charge is 0.0242 e. The molecule has 144 valence electrons. The highest BCUT2D eigenvalue weighted by Gasteiger charge is 2.32. The zero-order valence-corrected chi connectivity index (χ0v) is 17.2. The number of hydrogen-bond donors (Lipinski definition) is 0. The molecule has 0 saturated carbocycles. The van der Waals surface area contributed by atoms with E-state index in [0.29, 0.717) is 11.8 Å². The van der Waals surface area contributed by atoms with E-state index in [4.69, 9.17) is 0 Å². The second kappa shape index (κ2) is 6.73. The van der Waals surface area contributed by atoms with Gasteiger partial charge >= 0.3 is 0 Å². The Kier molecular flexibility index (Phi) is 4.01. The second-order valence-corrected chi connectivity index (χ2v) is 9.12. The van der Waals surface area contributed by atoms with Crippen LogP contribution in [0.25, 0.3) is 11.1 Å². The molecule has 1 atom stereocenters. The molecule has 0 amide bonds. The molecule has 4 aliphatic rings. The fourth-order valence-electron chi connectivity index (χ4n) is 6.24. The van der Waals surface area contributed by atoms with E-state index in [-0.39, 0.29) is 0 Å². The van der Waals surface area contributed by atoms with Crippen molar-refractivity contribution >= 4 is 0 Å². The highest BCUT2D eigenvalue weighted by Crippen LogP contribution is 2.50. The standard InChI is InChI=1S/C29H28/c1-19-18-29-22-9-3-2-8-20(22)14-15-27(29)21(19)16-17-28-25-12-6-4-10-23(25)24-11-5-7-13-26(24)28/h4-7,10-15,18,28-29H,2-3,8-9,16-17H2,1H3. The topological polar surface area (TPSA) is 0 Å². The van der Waals surface area contributed by atoms with Crippen LogP contribution < -0.4 is 0 Å². The summed E-state index contributed by atoms with van der Waals surface area (Å²) in [6.45, 7) is 2.34. The molecule has 29 heavy (non-hydrogen) atoms. The molecular weight excluding hydrogens is 348 g/mol. The Morgan fingerprint density at radius 3 is 2.28 bits per heavy atom. The molecule has 0 radical (unpaired) electrons. The lowest BCUT2D eigenvalue weighted by Gasteiger charge is -2.28. The largest absolute Gasteiger partial charge is 0.0697 e. The van der Waals surface area contributed by atoms with E-state index < -0.39 is 0 Å². The third-order valence-corrected chi connectivity index (χ3v) is 7.62. The maximum atomic E-state index is 2.56. The molecule has 1 unspecified atom stereocenters. The Bertz CT molecular complexity index is 1070. The van der Waals surface area contributed by atoms with Crippen LogP contribution in [-0.4, -0.2) is 0 Å². The first kappa shape index (κ1) is 17.3. The van der Waals surface area contributed by atoms with Crippen molar-refractivity contribution in [2.75, 3.05) is 0 Å². The average molecular weight is 377 g/mol. The van der Waals surface area contributed by atoms with E-state index in [2.05, 4.69) is 73.7 Å². The second-order valence-electron chi connectivity index (χ2n) is 9.12. The highest BCUT2D eigenvalue weighted by atomic mass is 14.4.